The van der Waals surface area contributed by atoms with Gasteiger partial charge in [0.2, 0.25) is 0 Å². The molecule has 0 bridgehead atoms. The van der Waals surface area contributed by atoms with E-state index in [1.54, 1.807) is 0 Å². The summed E-state index contributed by atoms with van der Waals surface area (Å²) >= 11 is 0. The summed E-state index contributed by atoms with van der Waals surface area (Å²) in [6.45, 7) is 0. The smallest absolute Gasteiger partial charge is 1.00 e. The average molecular weight is 556 g/mol. The number of fused-ring (bicyclic) bond motifs is 2. The third kappa shape index (κ3) is 4.58. The molecule has 2 aliphatic rings. The molecule has 2 aliphatic carbocycles. The molecular formula is C31H21Cl2Zr. The van der Waals surface area contributed by atoms with E-state index in [4.69, 9.17) is 0 Å². The largest absolute Gasteiger partial charge is 3.00 e. The van der Waals surface area contributed by atoms with Crippen LogP contribution in [0.2, 0.25) is 0 Å². The van der Waals surface area contributed by atoms with Crippen LogP contribution in [-0.4, -0.2) is 0 Å². The van der Waals surface area contributed by atoms with Crippen molar-refractivity contribution in [2.75, 3.05) is 0 Å². The van der Waals surface area contributed by atoms with E-state index in [-0.39, 0.29) is 51.0 Å². The van der Waals surface area contributed by atoms with Gasteiger partial charge in [0.05, 0.1) is 0 Å². The van der Waals surface area contributed by atoms with Gasteiger partial charge in [-0.1, -0.05) is 120 Å². The van der Waals surface area contributed by atoms with E-state index < -0.39 is 0 Å². The van der Waals surface area contributed by atoms with Crippen molar-refractivity contribution in [1.29, 1.82) is 0 Å². The summed E-state index contributed by atoms with van der Waals surface area (Å²) in [7, 11) is 0. The van der Waals surface area contributed by atoms with Crippen LogP contribution in [0.15, 0.2) is 115 Å². The fourth-order valence-electron chi connectivity index (χ4n) is 4.78. The van der Waals surface area contributed by atoms with E-state index in [1.807, 2.05) is 0 Å². The number of rotatable bonds is 3. The molecular weight excluding hydrogens is 534 g/mol. The van der Waals surface area contributed by atoms with Crippen LogP contribution >= 0.6 is 0 Å². The summed E-state index contributed by atoms with van der Waals surface area (Å²) in [5, 5.41) is 5.01. The second-order valence-electron chi connectivity index (χ2n) is 8.01. The zero-order valence-corrected chi connectivity index (χ0v) is 22.4. The van der Waals surface area contributed by atoms with Crippen molar-refractivity contribution >= 4 is 17.2 Å². The summed E-state index contributed by atoms with van der Waals surface area (Å²) in [4.78, 5) is 0. The molecule has 0 spiro atoms. The quantitative estimate of drug-likeness (QED) is 0.266. The average Bonchev–Trinajstić information content (AvgIpc) is 3.49. The topological polar surface area (TPSA) is 0 Å². The van der Waals surface area contributed by atoms with E-state index in [0.29, 0.717) is 0 Å². The van der Waals surface area contributed by atoms with Gasteiger partial charge >= 0.3 is 26.2 Å². The van der Waals surface area contributed by atoms with Gasteiger partial charge < -0.3 is 24.8 Å². The molecule has 0 aromatic heterocycles. The van der Waals surface area contributed by atoms with Gasteiger partial charge in [-0.15, -0.1) is 33.4 Å². The molecule has 0 N–H and O–H groups in total. The van der Waals surface area contributed by atoms with E-state index >= 15 is 0 Å². The zero-order chi connectivity index (χ0) is 20.6. The molecule has 0 atom stereocenters. The SMILES string of the molecule is [C-]1=c2ccccc2=c2ccc(=C(c3ccccc3)c3ccccc3)c(C3=CC=CC3)c21.[Cl-].[Cl-].[Zr+3]. The first-order valence-corrected chi connectivity index (χ1v) is 10.8. The molecule has 0 saturated carbocycles. The van der Waals surface area contributed by atoms with Gasteiger partial charge in [-0.05, 0) is 28.3 Å². The molecule has 34 heavy (non-hydrogen) atoms. The van der Waals surface area contributed by atoms with Crippen molar-refractivity contribution < 1.29 is 51.0 Å². The molecule has 0 heterocycles. The fraction of sp³-hybridized carbons (Fsp3) is 0.0323. The van der Waals surface area contributed by atoms with Gasteiger partial charge in [0.1, 0.15) is 0 Å². The molecule has 3 heteroatoms. The van der Waals surface area contributed by atoms with E-state index in [1.165, 1.54) is 54.3 Å². The van der Waals surface area contributed by atoms with Crippen molar-refractivity contribution in [3.05, 3.63) is 158 Å². The van der Waals surface area contributed by atoms with Crippen LogP contribution in [0.1, 0.15) is 28.7 Å². The van der Waals surface area contributed by atoms with Crippen molar-refractivity contribution in [2.45, 2.75) is 6.42 Å². The van der Waals surface area contributed by atoms with Crippen LogP contribution in [0.3, 0.4) is 0 Å². The van der Waals surface area contributed by atoms with E-state index in [9.17, 15) is 0 Å². The molecule has 0 amide bonds. The molecule has 0 unspecified atom stereocenters. The van der Waals surface area contributed by atoms with Crippen LogP contribution in [0, 0.1) is 10.4 Å². The molecule has 0 fully saturated rings. The molecule has 1 radical (unpaired) electrons. The maximum Gasteiger partial charge on any atom is 3.00 e. The normalized spacial score (nSPS) is 12.2. The molecule has 0 aliphatic heterocycles. The van der Waals surface area contributed by atoms with Gasteiger partial charge in [-0.25, -0.2) is 0 Å². The second-order valence-corrected chi connectivity index (χ2v) is 8.01. The van der Waals surface area contributed by atoms with E-state index in [2.05, 4.69) is 121 Å². The standard InChI is InChI=1S/C31H21.2ClH.Zr/c1-3-11-22(12-4-1)30(23-13-5-2-6-14-23)28-20-19-27-26-18-10-9-17-25(26)21-29(27)31(28)24-15-7-8-16-24;;;/h1-15,17-20H,16H2;2*1H;/q-1;;;+3/p-2. The second kappa shape index (κ2) is 11.3. The van der Waals surface area contributed by atoms with Crippen molar-refractivity contribution in [2.24, 2.45) is 0 Å². The van der Waals surface area contributed by atoms with Gasteiger partial charge in [0.25, 0.3) is 0 Å². The Labute approximate surface area is 231 Å². The zero-order valence-electron chi connectivity index (χ0n) is 18.4. The first kappa shape index (κ1) is 26.2. The Kier molecular flexibility index (Phi) is 8.72. The predicted molar refractivity (Wildman–Crippen MR) is 129 cm³/mol. The molecule has 4 aromatic rings. The first-order chi connectivity index (χ1) is 15.4. The van der Waals surface area contributed by atoms with Crippen molar-refractivity contribution in [3.8, 4) is 0 Å². The number of hydrogen-bond donors (Lipinski definition) is 0. The number of halogens is 2. The third-order valence-electron chi connectivity index (χ3n) is 6.17. The van der Waals surface area contributed by atoms with Crippen molar-refractivity contribution in [1.82, 2.24) is 0 Å². The Balaban J connectivity index is 0.00000108. The Morgan fingerprint density at radius 1 is 0.647 bits per heavy atom. The van der Waals surface area contributed by atoms with Crippen LogP contribution in [0.4, 0.5) is 0 Å². The Bertz CT molecular complexity index is 1540. The van der Waals surface area contributed by atoms with Crippen LogP contribution in [-0.2, 0) is 26.2 Å². The fourth-order valence-corrected chi connectivity index (χ4v) is 4.78. The number of benzene rings is 4. The third-order valence-corrected chi connectivity index (χ3v) is 6.17. The summed E-state index contributed by atoms with van der Waals surface area (Å²) in [5.41, 5.74) is 7.62. The maximum absolute atomic E-state index is 3.74. The maximum atomic E-state index is 3.74. The minimum absolute atomic E-state index is 0. The monoisotopic (exact) mass is 553 g/mol. The van der Waals surface area contributed by atoms with E-state index in [0.717, 1.165) is 6.42 Å². The first-order valence-electron chi connectivity index (χ1n) is 10.8. The molecule has 6 rings (SSSR count). The summed E-state index contributed by atoms with van der Waals surface area (Å²) in [5.74, 6) is 0. The molecule has 0 nitrogen and oxygen atoms in total. The molecule has 4 aromatic carbocycles. The Morgan fingerprint density at radius 2 is 1.26 bits per heavy atom. The minimum Gasteiger partial charge on any atom is -1.00 e. The minimum atomic E-state index is 0. The predicted octanol–water partition coefficient (Wildman–Crippen LogP) is -0.411. The summed E-state index contributed by atoms with van der Waals surface area (Å²) in [6, 6.07) is 34.7. The summed E-state index contributed by atoms with van der Waals surface area (Å²) in [6.07, 6.45) is 11.4. The van der Waals surface area contributed by atoms with Crippen LogP contribution < -0.4 is 35.3 Å². The van der Waals surface area contributed by atoms with Gasteiger partial charge in [-0.2, -0.15) is 0 Å². The number of allylic oxidation sites excluding steroid dienone is 4. The Hall–Kier alpha value is -2.44. The molecule has 163 valence electrons. The van der Waals surface area contributed by atoms with Gasteiger partial charge in [-0.3, -0.25) is 0 Å². The van der Waals surface area contributed by atoms with Gasteiger partial charge in [0.15, 0.2) is 0 Å². The molecule has 0 saturated heterocycles. The van der Waals surface area contributed by atoms with Crippen molar-refractivity contribution in [3.63, 3.8) is 0 Å². The van der Waals surface area contributed by atoms with Crippen LogP contribution in [0.25, 0.3) is 17.2 Å². The Morgan fingerprint density at radius 3 is 1.88 bits per heavy atom. The van der Waals surface area contributed by atoms with Crippen LogP contribution in [0.5, 0.6) is 0 Å². The summed E-state index contributed by atoms with van der Waals surface area (Å²) < 4.78 is 0. The number of hydrogen-bond acceptors (Lipinski definition) is 0. The van der Waals surface area contributed by atoms with Gasteiger partial charge in [0, 0.05) is 0 Å².